The lowest BCUT2D eigenvalue weighted by atomic mass is 9.94. The minimum atomic E-state index is 0.306. The smallest absolute Gasteiger partial charge is 0.0480 e. The minimum absolute atomic E-state index is 0.306. The summed E-state index contributed by atoms with van der Waals surface area (Å²) in [5.41, 5.74) is 4.06. The Balaban J connectivity index is 3.14. The molecule has 0 aliphatic heterocycles. The highest BCUT2D eigenvalue weighted by Gasteiger charge is 2.16. The molecule has 1 unspecified atom stereocenters. The lowest BCUT2D eigenvalue weighted by Crippen LogP contribution is -2.22. The first kappa shape index (κ1) is 13.5. The molecule has 2 heteroatoms. The number of hydrogen-bond donors (Lipinski definition) is 0. The van der Waals surface area contributed by atoms with Gasteiger partial charge in [-0.25, -0.2) is 0 Å². The maximum Gasteiger partial charge on any atom is 0.0480 e. The minimum Gasteiger partial charge on any atom is -0.301 e. The molecule has 0 heterocycles. The van der Waals surface area contributed by atoms with Crippen molar-refractivity contribution in [1.29, 1.82) is 0 Å². The van der Waals surface area contributed by atoms with E-state index in [2.05, 4.69) is 58.0 Å². The summed E-state index contributed by atoms with van der Waals surface area (Å²) in [6, 6.07) is 7.02. The fourth-order valence-electron chi connectivity index (χ4n) is 1.88. The first-order chi connectivity index (χ1) is 7.47. The SMILES string of the molecule is Cc1ccc(C(C)C)cc1C(CCl)N(C)C. The summed E-state index contributed by atoms with van der Waals surface area (Å²) in [4.78, 5) is 2.18. The standard InChI is InChI=1S/C14H22ClN/c1-10(2)12-7-6-11(3)13(8-12)14(9-15)16(4)5/h6-8,10,14H,9H2,1-5H3. The third-order valence-corrected chi connectivity index (χ3v) is 3.39. The molecule has 0 aliphatic carbocycles. The average Bonchev–Trinajstić information content (AvgIpc) is 2.20. The van der Waals surface area contributed by atoms with Gasteiger partial charge in [-0.2, -0.15) is 0 Å². The summed E-state index contributed by atoms with van der Waals surface area (Å²) in [5.74, 6) is 1.20. The van der Waals surface area contributed by atoms with E-state index in [-0.39, 0.29) is 0 Å². The molecule has 0 radical (unpaired) electrons. The molecule has 0 spiro atoms. The van der Waals surface area contributed by atoms with Crippen LogP contribution in [-0.4, -0.2) is 24.9 Å². The molecule has 1 atom stereocenters. The van der Waals surface area contributed by atoms with Crippen molar-refractivity contribution in [2.24, 2.45) is 0 Å². The van der Waals surface area contributed by atoms with Gasteiger partial charge in [-0.15, -0.1) is 11.6 Å². The quantitative estimate of drug-likeness (QED) is 0.719. The molecule has 1 rings (SSSR count). The lowest BCUT2D eigenvalue weighted by molar-refractivity contribution is 0.323. The van der Waals surface area contributed by atoms with Crippen LogP contribution < -0.4 is 0 Å². The summed E-state index contributed by atoms with van der Waals surface area (Å²) >= 11 is 6.06. The van der Waals surface area contributed by atoms with Gasteiger partial charge < -0.3 is 4.90 Å². The van der Waals surface area contributed by atoms with E-state index in [1.165, 1.54) is 16.7 Å². The first-order valence-electron chi connectivity index (χ1n) is 5.80. The van der Waals surface area contributed by atoms with Gasteiger partial charge in [0.15, 0.2) is 0 Å². The van der Waals surface area contributed by atoms with Crippen LogP contribution in [0.25, 0.3) is 0 Å². The highest BCUT2D eigenvalue weighted by atomic mass is 35.5. The number of nitrogens with zero attached hydrogens (tertiary/aromatic N) is 1. The summed E-state index contributed by atoms with van der Waals surface area (Å²) in [6.45, 7) is 6.60. The molecule has 0 amide bonds. The number of alkyl halides is 1. The molecule has 1 aromatic rings. The summed E-state index contributed by atoms with van der Waals surface area (Å²) < 4.78 is 0. The molecule has 1 nitrogen and oxygen atoms in total. The molecule has 0 bridgehead atoms. The molecule has 16 heavy (non-hydrogen) atoms. The average molecular weight is 240 g/mol. The molecular formula is C14H22ClN. The highest BCUT2D eigenvalue weighted by Crippen LogP contribution is 2.26. The number of halogens is 1. The normalized spacial score (nSPS) is 13.5. The van der Waals surface area contributed by atoms with Gasteiger partial charge in [-0.1, -0.05) is 32.0 Å². The van der Waals surface area contributed by atoms with Crippen LogP contribution in [0.5, 0.6) is 0 Å². The second-order valence-electron chi connectivity index (χ2n) is 4.90. The van der Waals surface area contributed by atoms with Crippen molar-refractivity contribution in [2.45, 2.75) is 32.7 Å². The monoisotopic (exact) mass is 239 g/mol. The maximum atomic E-state index is 6.06. The Hall–Kier alpha value is -0.530. The fourth-order valence-corrected chi connectivity index (χ4v) is 2.32. The van der Waals surface area contributed by atoms with E-state index < -0.39 is 0 Å². The van der Waals surface area contributed by atoms with Gasteiger partial charge >= 0.3 is 0 Å². The molecule has 1 aromatic carbocycles. The molecule has 0 N–H and O–H groups in total. The number of rotatable bonds is 4. The summed E-state index contributed by atoms with van der Waals surface area (Å²) in [5, 5.41) is 0. The van der Waals surface area contributed by atoms with E-state index in [4.69, 9.17) is 11.6 Å². The second kappa shape index (κ2) is 5.70. The molecule has 0 fully saturated rings. The van der Waals surface area contributed by atoms with E-state index in [9.17, 15) is 0 Å². The van der Waals surface area contributed by atoms with E-state index >= 15 is 0 Å². The zero-order valence-electron chi connectivity index (χ0n) is 10.9. The fraction of sp³-hybridized carbons (Fsp3) is 0.571. The first-order valence-corrected chi connectivity index (χ1v) is 6.33. The van der Waals surface area contributed by atoms with Crippen LogP contribution in [0.4, 0.5) is 0 Å². The van der Waals surface area contributed by atoms with E-state index in [0.717, 1.165) is 0 Å². The summed E-state index contributed by atoms with van der Waals surface area (Å²) in [6.07, 6.45) is 0. The van der Waals surface area contributed by atoms with Crippen LogP contribution in [0.1, 0.15) is 42.5 Å². The molecular weight excluding hydrogens is 218 g/mol. The van der Waals surface area contributed by atoms with Crippen LogP contribution in [0.2, 0.25) is 0 Å². The van der Waals surface area contributed by atoms with Gasteiger partial charge in [0.05, 0.1) is 0 Å². The molecule has 0 saturated heterocycles. The van der Waals surface area contributed by atoms with Crippen LogP contribution in [0.3, 0.4) is 0 Å². The Labute approximate surface area is 104 Å². The van der Waals surface area contributed by atoms with Crippen LogP contribution in [-0.2, 0) is 0 Å². The van der Waals surface area contributed by atoms with Gasteiger partial charge in [0.25, 0.3) is 0 Å². The van der Waals surface area contributed by atoms with Gasteiger partial charge in [0.1, 0.15) is 0 Å². The van der Waals surface area contributed by atoms with Gasteiger partial charge in [0, 0.05) is 11.9 Å². The van der Waals surface area contributed by atoms with Crippen LogP contribution in [0, 0.1) is 6.92 Å². The van der Waals surface area contributed by atoms with Crippen molar-refractivity contribution in [1.82, 2.24) is 4.90 Å². The largest absolute Gasteiger partial charge is 0.301 e. The predicted octanol–water partition coefficient (Wildman–Crippen LogP) is 3.96. The highest BCUT2D eigenvalue weighted by molar-refractivity contribution is 6.18. The number of hydrogen-bond acceptors (Lipinski definition) is 1. The van der Waals surface area contributed by atoms with Crippen molar-refractivity contribution in [3.63, 3.8) is 0 Å². The summed E-state index contributed by atoms with van der Waals surface area (Å²) in [7, 11) is 4.16. The van der Waals surface area contributed by atoms with E-state index in [0.29, 0.717) is 17.8 Å². The van der Waals surface area contributed by atoms with Gasteiger partial charge in [-0.3, -0.25) is 0 Å². The number of benzene rings is 1. The predicted molar refractivity (Wildman–Crippen MR) is 72.4 cm³/mol. The van der Waals surface area contributed by atoms with Crippen LogP contribution in [0.15, 0.2) is 18.2 Å². The van der Waals surface area contributed by atoms with Crippen molar-refractivity contribution < 1.29 is 0 Å². The molecule has 90 valence electrons. The molecule has 0 aromatic heterocycles. The Kier molecular flexibility index (Phi) is 4.82. The van der Waals surface area contributed by atoms with Crippen molar-refractivity contribution in [3.8, 4) is 0 Å². The molecule has 0 aliphatic rings. The van der Waals surface area contributed by atoms with Crippen molar-refractivity contribution in [2.75, 3.05) is 20.0 Å². The Bertz CT molecular complexity index is 345. The van der Waals surface area contributed by atoms with Crippen molar-refractivity contribution in [3.05, 3.63) is 34.9 Å². The van der Waals surface area contributed by atoms with Gasteiger partial charge in [0.2, 0.25) is 0 Å². The third-order valence-electron chi connectivity index (χ3n) is 3.10. The Morgan fingerprint density at radius 2 is 1.88 bits per heavy atom. The maximum absolute atomic E-state index is 6.06. The zero-order chi connectivity index (χ0) is 12.3. The molecule has 0 saturated carbocycles. The van der Waals surface area contributed by atoms with Crippen LogP contribution >= 0.6 is 11.6 Å². The topological polar surface area (TPSA) is 3.24 Å². The number of aryl methyl sites for hydroxylation is 1. The second-order valence-corrected chi connectivity index (χ2v) is 5.21. The Morgan fingerprint density at radius 3 is 2.31 bits per heavy atom. The van der Waals surface area contributed by atoms with E-state index in [1.54, 1.807) is 0 Å². The van der Waals surface area contributed by atoms with Crippen molar-refractivity contribution >= 4 is 11.6 Å². The van der Waals surface area contributed by atoms with Gasteiger partial charge in [-0.05, 0) is 43.6 Å². The van der Waals surface area contributed by atoms with E-state index in [1.807, 2.05) is 0 Å². The zero-order valence-corrected chi connectivity index (χ0v) is 11.7. The lowest BCUT2D eigenvalue weighted by Gasteiger charge is -2.25. The third kappa shape index (κ3) is 2.99. The Morgan fingerprint density at radius 1 is 1.25 bits per heavy atom.